The molecule has 22 heavy (non-hydrogen) atoms. The Kier molecular flexibility index (Phi) is 4.23. The highest BCUT2D eigenvalue weighted by Crippen LogP contribution is 2.28. The van der Waals surface area contributed by atoms with Gasteiger partial charge < -0.3 is 5.32 Å². The molecule has 0 aromatic carbocycles. The van der Waals surface area contributed by atoms with Gasteiger partial charge in [0.1, 0.15) is 9.77 Å². The van der Waals surface area contributed by atoms with E-state index >= 15 is 0 Å². The lowest BCUT2D eigenvalue weighted by Crippen LogP contribution is -2.29. The van der Waals surface area contributed by atoms with Crippen molar-refractivity contribution in [2.45, 2.75) is 17.7 Å². The molecule has 0 atom stereocenters. The third-order valence-corrected chi connectivity index (χ3v) is 6.42. The van der Waals surface area contributed by atoms with E-state index in [2.05, 4.69) is 10.3 Å². The molecule has 1 fully saturated rings. The van der Waals surface area contributed by atoms with E-state index in [-0.39, 0.29) is 9.77 Å². The summed E-state index contributed by atoms with van der Waals surface area (Å²) < 4.78 is 26.7. The molecular formula is C14H15N3O3S2. The van der Waals surface area contributed by atoms with Gasteiger partial charge in [-0.2, -0.15) is 4.31 Å². The smallest absolute Gasteiger partial charge is 0.267 e. The number of pyridine rings is 1. The molecule has 0 unspecified atom stereocenters. The first kappa shape index (κ1) is 15.1. The summed E-state index contributed by atoms with van der Waals surface area (Å²) in [6.45, 7) is 1.03. The molecule has 3 rings (SSSR count). The largest absolute Gasteiger partial charge is 0.320 e. The van der Waals surface area contributed by atoms with Gasteiger partial charge >= 0.3 is 0 Å². The molecule has 1 saturated heterocycles. The summed E-state index contributed by atoms with van der Waals surface area (Å²) >= 11 is 1.12. The number of anilines is 1. The SMILES string of the molecule is O=C(Nc1cccnc1)c1sccc1S(=O)(=O)N1CCCC1. The maximum atomic E-state index is 12.6. The Morgan fingerprint density at radius 1 is 1.27 bits per heavy atom. The molecule has 0 saturated carbocycles. The third-order valence-electron chi connectivity index (χ3n) is 3.44. The van der Waals surface area contributed by atoms with Crippen LogP contribution in [0.4, 0.5) is 5.69 Å². The number of thiophene rings is 1. The normalized spacial score (nSPS) is 15.8. The van der Waals surface area contributed by atoms with Crippen LogP contribution in [0.15, 0.2) is 40.9 Å². The van der Waals surface area contributed by atoms with E-state index < -0.39 is 15.9 Å². The first-order chi connectivity index (χ1) is 10.6. The van der Waals surface area contributed by atoms with Gasteiger partial charge in [-0.25, -0.2) is 8.42 Å². The molecule has 8 heteroatoms. The molecule has 1 amide bonds. The Bertz CT molecular complexity index is 766. The lowest BCUT2D eigenvalue weighted by molar-refractivity contribution is 0.102. The Hall–Kier alpha value is -1.77. The fraction of sp³-hybridized carbons (Fsp3) is 0.286. The molecule has 0 spiro atoms. The van der Waals surface area contributed by atoms with Gasteiger partial charge in [-0.3, -0.25) is 9.78 Å². The highest BCUT2D eigenvalue weighted by molar-refractivity contribution is 7.89. The second kappa shape index (κ2) is 6.15. The number of sulfonamides is 1. The number of carbonyl (C=O) groups is 1. The zero-order valence-electron chi connectivity index (χ0n) is 11.7. The van der Waals surface area contributed by atoms with E-state index in [4.69, 9.17) is 0 Å². The van der Waals surface area contributed by atoms with Crippen molar-refractivity contribution >= 4 is 33.0 Å². The number of hydrogen-bond donors (Lipinski definition) is 1. The van der Waals surface area contributed by atoms with E-state index in [0.29, 0.717) is 18.8 Å². The van der Waals surface area contributed by atoms with Gasteiger partial charge in [0.25, 0.3) is 5.91 Å². The number of amides is 1. The molecule has 1 aliphatic heterocycles. The van der Waals surface area contributed by atoms with Crippen molar-refractivity contribution in [3.8, 4) is 0 Å². The summed E-state index contributed by atoms with van der Waals surface area (Å²) in [6.07, 6.45) is 4.84. The average molecular weight is 337 g/mol. The number of rotatable bonds is 4. The zero-order valence-corrected chi connectivity index (χ0v) is 13.4. The zero-order chi connectivity index (χ0) is 15.6. The summed E-state index contributed by atoms with van der Waals surface area (Å²) in [6, 6.07) is 4.90. The molecule has 1 N–H and O–H groups in total. The van der Waals surface area contributed by atoms with Crippen LogP contribution < -0.4 is 5.32 Å². The summed E-state index contributed by atoms with van der Waals surface area (Å²) in [5.74, 6) is -0.430. The molecule has 116 valence electrons. The van der Waals surface area contributed by atoms with Crippen LogP contribution in [0, 0.1) is 0 Å². The van der Waals surface area contributed by atoms with Crippen LogP contribution in [0.3, 0.4) is 0 Å². The van der Waals surface area contributed by atoms with Gasteiger partial charge in [0.15, 0.2) is 0 Å². The van der Waals surface area contributed by atoms with Crippen molar-refractivity contribution < 1.29 is 13.2 Å². The van der Waals surface area contributed by atoms with Crippen LogP contribution in [-0.4, -0.2) is 36.7 Å². The van der Waals surface area contributed by atoms with Crippen molar-refractivity contribution in [3.05, 3.63) is 40.8 Å². The van der Waals surface area contributed by atoms with Gasteiger partial charge in [0.2, 0.25) is 10.0 Å². The quantitative estimate of drug-likeness (QED) is 0.927. The van der Waals surface area contributed by atoms with Crippen molar-refractivity contribution in [2.24, 2.45) is 0 Å². The Balaban J connectivity index is 1.87. The Labute approximate surface area is 132 Å². The van der Waals surface area contributed by atoms with Gasteiger partial charge in [0.05, 0.1) is 11.9 Å². The number of nitrogens with zero attached hydrogens (tertiary/aromatic N) is 2. The predicted octanol–water partition coefficient (Wildman–Crippen LogP) is 2.18. The van der Waals surface area contributed by atoms with E-state index in [1.165, 1.54) is 16.6 Å². The highest BCUT2D eigenvalue weighted by atomic mass is 32.2. The fourth-order valence-electron chi connectivity index (χ4n) is 2.36. The van der Waals surface area contributed by atoms with Gasteiger partial charge in [0, 0.05) is 19.3 Å². The van der Waals surface area contributed by atoms with Crippen molar-refractivity contribution in [3.63, 3.8) is 0 Å². The highest BCUT2D eigenvalue weighted by Gasteiger charge is 2.31. The standard InChI is InChI=1S/C14H15N3O3S2/c18-14(16-11-4-3-6-15-10-11)13-12(5-9-21-13)22(19,20)17-7-1-2-8-17/h3-6,9-10H,1-2,7-8H2,(H,16,18). The topological polar surface area (TPSA) is 79.4 Å². The lowest BCUT2D eigenvalue weighted by atomic mass is 10.4. The Morgan fingerprint density at radius 2 is 2.05 bits per heavy atom. The van der Waals surface area contributed by atoms with Crippen LogP contribution in [0.1, 0.15) is 22.5 Å². The minimum atomic E-state index is -3.60. The molecule has 0 aliphatic carbocycles. The van der Waals surface area contributed by atoms with Crippen LogP contribution in [-0.2, 0) is 10.0 Å². The first-order valence-electron chi connectivity index (χ1n) is 6.88. The minimum Gasteiger partial charge on any atom is -0.320 e. The molecule has 2 aromatic heterocycles. The monoisotopic (exact) mass is 337 g/mol. The van der Waals surface area contributed by atoms with Gasteiger partial charge in [-0.1, -0.05) is 0 Å². The maximum absolute atomic E-state index is 12.6. The van der Waals surface area contributed by atoms with Crippen LogP contribution in [0.5, 0.6) is 0 Å². The van der Waals surface area contributed by atoms with Crippen molar-refractivity contribution in [1.29, 1.82) is 0 Å². The van der Waals surface area contributed by atoms with Crippen molar-refractivity contribution in [1.82, 2.24) is 9.29 Å². The summed E-state index contributed by atoms with van der Waals surface area (Å²) in [7, 11) is -3.60. The predicted molar refractivity (Wildman–Crippen MR) is 84.5 cm³/mol. The molecule has 3 heterocycles. The van der Waals surface area contributed by atoms with E-state index in [1.807, 2.05) is 0 Å². The van der Waals surface area contributed by atoms with E-state index in [9.17, 15) is 13.2 Å². The number of aromatic nitrogens is 1. The number of hydrogen-bond acceptors (Lipinski definition) is 5. The van der Waals surface area contributed by atoms with Crippen LogP contribution >= 0.6 is 11.3 Å². The second-order valence-electron chi connectivity index (χ2n) is 4.92. The van der Waals surface area contributed by atoms with E-state index in [0.717, 1.165) is 24.2 Å². The fourth-order valence-corrected chi connectivity index (χ4v) is 5.17. The molecule has 6 nitrogen and oxygen atoms in total. The molecule has 0 radical (unpaired) electrons. The second-order valence-corrected chi connectivity index (χ2v) is 7.74. The van der Waals surface area contributed by atoms with Crippen LogP contribution in [0.2, 0.25) is 0 Å². The Morgan fingerprint density at radius 3 is 2.73 bits per heavy atom. The molecule has 0 bridgehead atoms. The maximum Gasteiger partial charge on any atom is 0.267 e. The lowest BCUT2D eigenvalue weighted by Gasteiger charge is -2.15. The van der Waals surface area contributed by atoms with Crippen LogP contribution in [0.25, 0.3) is 0 Å². The number of carbonyl (C=O) groups excluding carboxylic acids is 1. The van der Waals surface area contributed by atoms with E-state index in [1.54, 1.807) is 23.7 Å². The molecule has 2 aromatic rings. The summed E-state index contributed by atoms with van der Waals surface area (Å²) in [4.78, 5) is 16.6. The van der Waals surface area contributed by atoms with Crippen molar-refractivity contribution in [2.75, 3.05) is 18.4 Å². The first-order valence-corrected chi connectivity index (χ1v) is 9.20. The van der Waals surface area contributed by atoms with Gasteiger partial charge in [-0.05, 0) is 36.4 Å². The summed E-state index contributed by atoms with van der Waals surface area (Å²) in [5, 5.41) is 4.30. The van der Waals surface area contributed by atoms with Gasteiger partial charge in [-0.15, -0.1) is 11.3 Å². The number of nitrogens with one attached hydrogen (secondary N) is 1. The molecular weight excluding hydrogens is 322 g/mol. The summed E-state index contributed by atoms with van der Waals surface area (Å²) in [5.41, 5.74) is 0.533. The third kappa shape index (κ3) is 2.90. The minimum absolute atomic E-state index is 0.0841. The molecule has 1 aliphatic rings. The average Bonchev–Trinajstić information content (AvgIpc) is 3.20.